The van der Waals surface area contributed by atoms with Crippen LogP contribution in [0.25, 0.3) is 10.9 Å². The molecule has 0 radical (unpaired) electrons. The van der Waals surface area contributed by atoms with Gasteiger partial charge in [-0.1, -0.05) is 12.1 Å². The van der Waals surface area contributed by atoms with Crippen molar-refractivity contribution in [2.45, 2.75) is 18.9 Å². The minimum Gasteiger partial charge on any atom is -0.475 e. The number of carbonyl (C=O) groups excluding carboxylic acids is 1. The van der Waals surface area contributed by atoms with Crippen molar-refractivity contribution < 1.29 is 14.7 Å². The van der Waals surface area contributed by atoms with Crippen LogP contribution in [0.2, 0.25) is 0 Å². The van der Waals surface area contributed by atoms with Gasteiger partial charge in [0.1, 0.15) is 5.82 Å². The molecule has 0 spiro atoms. The standard InChI is InChI=1S/C14H14N4O3/c19-11-6-5-8(7-15-11)16-12-9-3-1-2-4-10(9)17-13(18-12)14(20)21/h1-4,8H,5-7H2,(H,15,19)(H,20,21)(H,16,17,18). The maximum absolute atomic E-state index is 11.2. The quantitative estimate of drug-likeness (QED) is 0.778. The molecule has 3 rings (SSSR count). The van der Waals surface area contributed by atoms with Crippen LogP contribution in [0.15, 0.2) is 24.3 Å². The first kappa shape index (κ1) is 13.3. The normalized spacial score (nSPS) is 18.3. The van der Waals surface area contributed by atoms with Crippen LogP contribution in [0.5, 0.6) is 0 Å². The fourth-order valence-corrected chi connectivity index (χ4v) is 2.33. The van der Waals surface area contributed by atoms with Crippen molar-refractivity contribution >= 4 is 28.6 Å². The highest BCUT2D eigenvalue weighted by Gasteiger charge is 2.20. The van der Waals surface area contributed by atoms with Crippen LogP contribution in [0.1, 0.15) is 23.5 Å². The van der Waals surface area contributed by atoms with Gasteiger partial charge >= 0.3 is 5.97 Å². The monoisotopic (exact) mass is 286 g/mol. The molecule has 1 amide bonds. The lowest BCUT2D eigenvalue weighted by atomic mass is 10.1. The van der Waals surface area contributed by atoms with Crippen LogP contribution < -0.4 is 10.6 Å². The molecular formula is C14H14N4O3. The van der Waals surface area contributed by atoms with Gasteiger partial charge in [-0.05, 0) is 18.6 Å². The summed E-state index contributed by atoms with van der Waals surface area (Å²) in [6.45, 7) is 0.500. The molecule has 1 atom stereocenters. The third-order valence-electron chi connectivity index (χ3n) is 3.40. The first-order valence-corrected chi connectivity index (χ1v) is 6.67. The number of carbonyl (C=O) groups is 2. The zero-order valence-corrected chi connectivity index (χ0v) is 11.2. The first-order valence-electron chi connectivity index (χ1n) is 6.67. The number of carboxylic acids is 1. The topological polar surface area (TPSA) is 104 Å². The molecule has 2 heterocycles. The number of hydrogen-bond donors (Lipinski definition) is 3. The molecule has 1 unspecified atom stereocenters. The van der Waals surface area contributed by atoms with Crippen LogP contribution in [-0.2, 0) is 4.79 Å². The summed E-state index contributed by atoms with van der Waals surface area (Å²) in [5.74, 6) is -0.886. The summed E-state index contributed by atoms with van der Waals surface area (Å²) in [6, 6.07) is 7.26. The summed E-state index contributed by atoms with van der Waals surface area (Å²) in [6.07, 6.45) is 1.14. The number of piperidine rings is 1. The number of hydrogen-bond acceptors (Lipinski definition) is 5. The van der Waals surface area contributed by atoms with Crippen molar-refractivity contribution in [1.82, 2.24) is 15.3 Å². The van der Waals surface area contributed by atoms with Gasteiger partial charge in [-0.15, -0.1) is 0 Å². The molecule has 21 heavy (non-hydrogen) atoms. The Morgan fingerprint density at radius 1 is 1.33 bits per heavy atom. The Hall–Kier alpha value is -2.70. The van der Waals surface area contributed by atoms with Gasteiger partial charge in [0, 0.05) is 24.4 Å². The number of aromatic carboxylic acids is 1. The van der Waals surface area contributed by atoms with Crippen molar-refractivity contribution in [2.24, 2.45) is 0 Å². The van der Waals surface area contributed by atoms with Gasteiger partial charge in [0.2, 0.25) is 11.7 Å². The van der Waals surface area contributed by atoms with E-state index in [2.05, 4.69) is 20.6 Å². The summed E-state index contributed by atoms with van der Waals surface area (Å²) in [7, 11) is 0. The summed E-state index contributed by atoms with van der Waals surface area (Å²) in [5, 5.41) is 15.9. The Balaban J connectivity index is 1.96. The van der Waals surface area contributed by atoms with Gasteiger partial charge in [-0.3, -0.25) is 4.79 Å². The lowest BCUT2D eigenvalue weighted by Crippen LogP contribution is -2.42. The molecule has 1 fully saturated rings. The highest BCUT2D eigenvalue weighted by Crippen LogP contribution is 2.22. The van der Waals surface area contributed by atoms with E-state index in [4.69, 9.17) is 5.11 Å². The SMILES string of the molecule is O=C1CCC(Nc2nc(C(=O)O)nc3ccccc23)CN1. The number of amides is 1. The van der Waals surface area contributed by atoms with Crippen LogP contribution in [-0.4, -0.2) is 39.5 Å². The largest absolute Gasteiger partial charge is 0.475 e. The second-order valence-electron chi connectivity index (χ2n) is 4.90. The van der Waals surface area contributed by atoms with E-state index in [9.17, 15) is 9.59 Å². The van der Waals surface area contributed by atoms with E-state index < -0.39 is 5.97 Å². The number of anilines is 1. The molecule has 7 heteroatoms. The zero-order valence-electron chi connectivity index (χ0n) is 11.2. The fraction of sp³-hybridized carbons (Fsp3) is 0.286. The van der Waals surface area contributed by atoms with E-state index in [-0.39, 0.29) is 17.8 Å². The number of nitrogens with one attached hydrogen (secondary N) is 2. The molecule has 1 aromatic heterocycles. The Morgan fingerprint density at radius 2 is 2.14 bits per heavy atom. The Morgan fingerprint density at radius 3 is 2.86 bits per heavy atom. The number of carboxylic acid groups (broad SMARTS) is 1. The Kier molecular flexibility index (Phi) is 3.39. The Labute approximate surface area is 120 Å². The van der Waals surface area contributed by atoms with Crippen molar-refractivity contribution in [2.75, 3.05) is 11.9 Å². The molecule has 0 bridgehead atoms. The van der Waals surface area contributed by atoms with E-state index >= 15 is 0 Å². The molecule has 1 aliphatic heterocycles. The summed E-state index contributed by atoms with van der Waals surface area (Å²) < 4.78 is 0. The number of para-hydroxylation sites is 1. The number of fused-ring (bicyclic) bond motifs is 1. The van der Waals surface area contributed by atoms with Gasteiger partial charge in [0.05, 0.1) is 5.52 Å². The van der Waals surface area contributed by atoms with Crippen molar-refractivity contribution in [1.29, 1.82) is 0 Å². The smallest absolute Gasteiger partial charge is 0.374 e. The third-order valence-corrected chi connectivity index (χ3v) is 3.40. The highest BCUT2D eigenvalue weighted by atomic mass is 16.4. The molecule has 1 saturated heterocycles. The average Bonchev–Trinajstić information content (AvgIpc) is 2.49. The van der Waals surface area contributed by atoms with Crippen LogP contribution in [0.4, 0.5) is 5.82 Å². The third kappa shape index (κ3) is 2.76. The Bertz CT molecular complexity index is 706. The van der Waals surface area contributed by atoms with Crippen molar-refractivity contribution in [3.05, 3.63) is 30.1 Å². The minimum absolute atomic E-state index is 0.0302. The number of nitrogens with zero attached hydrogens (tertiary/aromatic N) is 2. The molecule has 0 saturated carbocycles. The van der Waals surface area contributed by atoms with Crippen LogP contribution in [0, 0.1) is 0 Å². The molecule has 2 aromatic rings. The van der Waals surface area contributed by atoms with Crippen molar-refractivity contribution in [3.63, 3.8) is 0 Å². The fourth-order valence-electron chi connectivity index (χ4n) is 2.33. The first-order chi connectivity index (χ1) is 10.1. The van der Waals surface area contributed by atoms with Gasteiger partial charge < -0.3 is 15.7 Å². The van der Waals surface area contributed by atoms with Crippen LogP contribution >= 0.6 is 0 Å². The highest BCUT2D eigenvalue weighted by molar-refractivity contribution is 5.93. The van der Waals surface area contributed by atoms with Gasteiger partial charge in [0.15, 0.2) is 0 Å². The van der Waals surface area contributed by atoms with Crippen molar-refractivity contribution in [3.8, 4) is 0 Å². The molecule has 7 nitrogen and oxygen atoms in total. The summed E-state index contributed by atoms with van der Waals surface area (Å²) >= 11 is 0. The lowest BCUT2D eigenvalue weighted by molar-refractivity contribution is -0.122. The van der Waals surface area contributed by atoms with E-state index in [0.29, 0.717) is 30.7 Å². The summed E-state index contributed by atoms with van der Waals surface area (Å²) in [4.78, 5) is 30.4. The molecular weight excluding hydrogens is 272 g/mol. The number of rotatable bonds is 3. The van der Waals surface area contributed by atoms with E-state index in [1.54, 1.807) is 12.1 Å². The van der Waals surface area contributed by atoms with Gasteiger partial charge in [-0.25, -0.2) is 14.8 Å². The zero-order chi connectivity index (χ0) is 14.8. The lowest BCUT2D eigenvalue weighted by Gasteiger charge is -2.24. The van der Waals surface area contributed by atoms with Crippen LogP contribution in [0.3, 0.4) is 0 Å². The number of aromatic nitrogens is 2. The predicted octanol–water partition coefficient (Wildman–Crippen LogP) is 1.02. The second-order valence-corrected chi connectivity index (χ2v) is 4.90. The molecule has 1 aromatic carbocycles. The van der Waals surface area contributed by atoms with Gasteiger partial charge in [-0.2, -0.15) is 0 Å². The predicted molar refractivity (Wildman–Crippen MR) is 76.2 cm³/mol. The maximum Gasteiger partial charge on any atom is 0.374 e. The second kappa shape index (κ2) is 5.35. The van der Waals surface area contributed by atoms with Gasteiger partial charge in [0.25, 0.3) is 0 Å². The molecule has 3 N–H and O–H groups in total. The minimum atomic E-state index is -1.17. The maximum atomic E-state index is 11.2. The van der Waals surface area contributed by atoms with E-state index in [1.165, 1.54) is 0 Å². The average molecular weight is 286 g/mol. The summed E-state index contributed by atoms with van der Waals surface area (Å²) in [5.41, 5.74) is 0.576. The van der Waals surface area contributed by atoms with E-state index in [0.717, 1.165) is 5.39 Å². The number of benzene rings is 1. The molecule has 108 valence electrons. The molecule has 0 aliphatic carbocycles. The van der Waals surface area contributed by atoms with E-state index in [1.807, 2.05) is 12.1 Å². The molecule has 1 aliphatic rings.